The Morgan fingerprint density at radius 3 is 2.38 bits per heavy atom. The molecular formula is C13H14ClN3O3S. The molecule has 1 N–H and O–H groups in total. The molecule has 0 saturated heterocycles. The summed E-state index contributed by atoms with van der Waals surface area (Å²) in [6.07, 6.45) is 2.30. The van der Waals surface area contributed by atoms with Gasteiger partial charge in [-0.3, -0.25) is 0 Å². The Balaban J connectivity index is 2.36. The summed E-state index contributed by atoms with van der Waals surface area (Å²) in [6.45, 7) is 1.68. The monoisotopic (exact) mass is 327 g/mol. The molecule has 21 heavy (non-hydrogen) atoms. The molecule has 1 heterocycles. The van der Waals surface area contributed by atoms with Gasteiger partial charge in [-0.1, -0.05) is 18.2 Å². The number of rotatable bonds is 4. The number of benzene rings is 1. The number of para-hydroxylation sites is 1. The fourth-order valence-electron chi connectivity index (χ4n) is 1.84. The van der Waals surface area contributed by atoms with Crippen LogP contribution in [0, 0.1) is 0 Å². The number of aromatic hydroxyl groups is 1. The minimum absolute atomic E-state index is 0.0228. The molecule has 0 amide bonds. The van der Waals surface area contributed by atoms with E-state index in [1.807, 2.05) is 0 Å². The Bertz CT molecular complexity index is 735. The maximum absolute atomic E-state index is 12.5. The third kappa shape index (κ3) is 3.15. The number of sulfonamides is 1. The van der Waals surface area contributed by atoms with Gasteiger partial charge in [-0.2, -0.15) is 4.31 Å². The standard InChI is InChI=1S/C13H14ClN3O3S/c1-9(11-5-3-4-6-12(11)18)17(2)21(19,20)10-7-15-13(14)16-8-10/h3-9,18H,1-2H3. The molecule has 0 radical (unpaired) electrons. The first kappa shape index (κ1) is 15.7. The minimum Gasteiger partial charge on any atom is -0.508 e. The fraction of sp³-hybridized carbons (Fsp3) is 0.231. The molecule has 0 aliphatic carbocycles. The SMILES string of the molecule is CC(c1ccccc1O)N(C)S(=O)(=O)c1cnc(Cl)nc1. The molecule has 0 fully saturated rings. The molecule has 2 rings (SSSR count). The van der Waals surface area contributed by atoms with Crippen LogP contribution in [0.1, 0.15) is 18.5 Å². The first-order valence-electron chi connectivity index (χ1n) is 6.07. The number of hydrogen-bond donors (Lipinski definition) is 1. The van der Waals surface area contributed by atoms with E-state index < -0.39 is 16.1 Å². The van der Waals surface area contributed by atoms with Gasteiger partial charge in [-0.05, 0) is 24.6 Å². The van der Waals surface area contributed by atoms with Crippen molar-refractivity contribution in [3.63, 3.8) is 0 Å². The number of halogens is 1. The molecular weight excluding hydrogens is 314 g/mol. The summed E-state index contributed by atoms with van der Waals surface area (Å²) in [6, 6.07) is 6.04. The predicted octanol–water partition coefficient (Wildman–Crippen LogP) is 2.22. The number of hydrogen-bond acceptors (Lipinski definition) is 5. The number of phenolic OH excluding ortho intramolecular Hbond substituents is 1. The Hall–Kier alpha value is -1.70. The predicted molar refractivity (Wildman–Crippen MR) is 78.5 cm³/mol. The van der Waals surface area contributed by atoms with Crippen molar-refractivity contribution in [1.29, 1.82) is 0 Å². The van der Waals surface area contributed by atoms with Crippen LogP contribution in [0.2, 0.25) is 5.28 Å². The lowest BCUT2D eigenvalue weighted by Gasteiger charge is -2.24. The van der Waals surface area contributed by atoms with Crippen LogP contribution in [0.5, 0.6) is 5.75 Å². The smallest absolute Gasteiger partial charge is 0.246 e. The molecule has 0 bridgehead atoms. The molecule has 0 aliphatic rings. The zero-order valence-electron chi connectivity index (χ0n) is 11.4. The Kier molecular flexibility index (Phi) is 4.46. The molecule has 0 saturated carbocycles. The highest BCUT2D eigenvalue weighted by atomic mass is 35.5. The van der Waals surface area contributed by atoms with Gasteiger partial charge in [0.25, 0.3) is 0 Å². The van der Waals surface area contributed by atoms with Gasteiger partial charge in [0.15, 0.2) is 0 Å². The fourth-order valence-corrected chi connectivity index (χ4v) is 3.18. The van der Waals surface area contributed by atoms with Gasteiger partial charge in [0.2, 0.25) is 15.3 Å². The lowest BCUT2D eigenvalue weighted by atomic mass is 10.1. The molecule has 2 aromatic rings. The van der Waals surface area contributed by atoms with Crippen molar-refractivity contribution in [2.45, 2.75) is 17.9 Å². The average molecular weight is 328 g/mol. The molecule has 1 unspecified atom stereocenters. The topological polar surface area (TPSA) is 83.4 Å². The quantitative estimate of drug-likeness (QED) is 0.870. The summed E-state index contributed by atoms with van der Waals surface area (Å²) >= 11 is 5.56. The normalized spacial score (nSPS) is 13.3. The zero-order chi connectivity index (χ0) is 15.6. The van der Waals surface area contributed by atoms with Crippen LogP contribution < -0.4 is 0 Å². The molecule has 1 aromatic heterocycles. The van der Waals surface area contributed by atoms with Gasteiger partial charge in [0, 0.05) is 12.6 Å². The van der Waals surface area contributed by atoms with E-state index in [0.29, 0.717) is 5.56 Å². The summed E-state index contributed by atoms with van der Waals surface area (Å²) in [5.74, 6) is 0.0411. The van der Waals surface area contributed by atoms with Crippen LogP contribution >= 0.6 is 11.6 Å². The van der Waals surface area contributed by atoms with E-state index in [0.717, 1.165) is 16.7 Å². The summed E-state index contributed by atoms with van der Waals surface area (Å²) in [5.41, 5.74) is 0.512. The Morgan fingerprint density at radius 2 is 1.81 bits per heavy atom. The molecule has 112 valence electrons. The summed E-state index contributed by atoms with van der Waals surface area (Å²) in [7, 11) is -2.35. The highest BCUT2D eigenvalue weighted by molar-refractivity contribution is 7.89. The minimum atomic E-state index is -3.78. The van der Waals surface area contributed by atoms with Crippen molar-refractivity contribution < 1.29 is 13.5 Å². The zero-order valence-corrected chi connectivity index (χ0v) is 13.0. The highest BCUT2D eigenvalue weighted by Crippen LogP contribution is 2.30. The molecule has 0 aliphatic heterocycles. The van der Waals surface area contributed by atoms with Crippen molar-refractivity contribution in [3.8, 4) is 5.75 Å². The third-order valence-corrected chi connectivity index (χ3v) is 5.28. The van der Waals surface area contributed by atoms with Gasteiger partial charge in [0.1, 0.15) is 10.6 Å². The lowest BCUT2D eigenvalue weighted by molar-refractivity contribution is 0.380. The molecule has 0 spiro atoms. The van der Waals surface area contributed by atoms with Crippen LogP contribution in [0.4, 0.5) is 0 Å². The van der Waals surface area contributed by atoms with E-state index >= 15 is 0 Å². The summed E-state index contributed by atoms with van der Waals surface area (Å²) < 4.78 is 26.1. The molecule has 1 aromatic carbocycles. The van der Waals surface area contributed by atoms with Crippen molar-refractivity contribution in [2.75, 3.05) is 7.05 Å². The summed E-state index contributed by atoms with van der Waals surface area (Å²) in [4.78, 5) is 7.29. The second-order valence-corrected chi connectivity index (χ2v) is 6.78. The van der Waals surface area contributed by atoms with Crippen LogP contribution in [0.3, 0.4) is 0 Å². The van der Waals surface area contributed by atoms with E-state index in [-0.39, 0.29) is 15.9 Å². The van der Waals surface area contributed by atoms with E-state index in [4.69, 9.17) is 11.6 Å². The van der Waals surface area contributed by atoms with Gasteiger partial charge in [-0.25, -0.2) is 18.4 Å². The number of aromatic nitrogens is 2. The maximum Gasteiger partial charge on any atom is 0.246 e. The Labute approximate surface area is 128 Å². The van der Waals surface area contributed by atoms with E-state index in [1.165, 1.54) is 13.1 Å². The maximum atomic E-state index is 12.5. The van der Waals surface area contributed by atoms with Crippen molar-refractivity contribution in [1.82, 2.24) is 14.3 Å². The van der Waals surface area contributed by atoms with E-state index in [2.05, 4.69) is 9.97 Å². The van der Waals surface area contributed by atoms with Crippen LogP contribution in [-0.2, 0) is 10.0 Å². The number of phenols is 1. The van der Waals surface area contributed by atoms with Gasteiger partial charge < -0.3 is 5.11 Å². The first-order valence-corrected chi connectivity index (χ1v) is 7.89. The third-order valence-electron chi connectivity index (χ3n) is 3.21. The van der Waals surface area contributed by atoms with Gasteiger partial charge >= 0.3 is 0 Å². The van der Waals surface area contributed by atoms with E-state index in [9.17, 15) is 13.5 Å². The van der Waals surface area contributed by atoms with Gasteiger partial charge in [0.05, 0.1) is 18.4 Å². The van der Waals surface area contributed by atoms with Crippen molar-refractivity contribution in [3.05, 3.63) is 47.5 Å². The van der Waals surface area contributed by atoms with Crippen molar-refractivity contribution in [2.24, 2.45) is 0 Å². The van der Waals surface area contributed by atoms with Gasteiger partial charge in [-0.15, -0.1) is 0 Å². The van der Waals surface area contributed by atoms with Crippen molar-refractivity contribution >= 4 is 21.6 Å². The molecule has 1 atom stereocenters. The second kappa shape index (κ2) is 5.97. The lowest BCUT2D eigenvalue weighted by Crippen LogP contribution is -2.30. The van der Waals surface area contributed by atoms with Crippen LogP contribution in [0.15, 0.2) is 41.6 Å². The first-order chi connectivity index (χ1) is 9.84. The molecule has 8 heteroatoms. The Morgan fingerprint density at radius 1 is 1.24 bits per heavy atom. The van der Waals surface area contributed by atoms with Crippen LogP contribution in [0.25, 0.3) is 0 Å². The highest BCUT2D eigenvalue weighted by Gasteiger charge is 2.28. The van der Waals surface area contributed by atoms with Crippen LogP contribution in [-0.4, -0.2) is 34.8 Å². The second-order valence-electron chi connectivity index (χ2n) is 4.44. The van der Waals surface area contributed by atoms with E-state index in [1.54, 1.807) is 25.1 Å². The number of nitrogens with zero attached hydrogens (tertiary/aromatic N) is 3. The average Bonchev–Trinajstić information content (AvgIpc) is 2.46. The molecule has 6 nitrogen and oxygen atoms in total. The summed E-state index contributed by atoms with van der Waals surface area (Å²) in [5, 5.41) is 9.82. The largest absolute Gasteiger partial charge is 0.508 e.